The quantitative estimate of drug-likeness (QED) is 0.583. The van der Waals surface area contributed by atoms with Gasteiger partial charge in [0.1, 0.15) is 5.75 Å². The third kappa shape index (κ3) is 4.90. The third-order valence-corrected chi connectivity index (χ3v) is 4.07. The Morgan fingerprint density at radius 3 is 2.65 bits per heavy atom. The van der Waals surface area contributed by atoms with E-state index in [1.807, 2.05) is 35.7 Å². The molecule has 0 aliphatic heterocycles. The zero-order chi connectivity index (χ0) is 18.2. The van der Waals surface area contributed by atoms with Gasteiger partial charge in [-0.15, -0.1) is 11.3 Å². The third-order valence-electron chi connectivity index (χ3n) is 3.21. The molecule has 9 heteroatoms. The van der Waals surface area contributed by atoms with Crippen LogP contribution < -0.4 is 15.4 Å². The predicted octanol–water partition coefficient (Wildman–Crippen LogP) is 1.72. The number of para-hydroxylation sites is 1. The zero-order valence-electron chi connectivity index (χ0n) is 13.7. The van der Waals surface area contributed by atoms with Gasteiger partial charge >= 0.3 is 11.8 Å². The minimum absolute atomic E-state index is 0.0915. The normalized spacial score (nSPS) is 10.3. The van der Waals surface area contributed by atoms with Gasteiger partial charge in [0.25, 0.3) is 5.91 Å². The molecule has 2 aromatic heterocycles. The van der Waals surface area contributed by atoms with E-state index in [4.69, 9.17) is 9.26 Å². The Labute approximate surface area is 153 Å². The fourth-order valence-corrected chi connectivity index (χ4v) is 2.64. The molecule has 8 nitrogen and oxygen atoms in total. The highest BCUT2D eigenvalue weighted by atomic mass is 32.1. The van der Waals surface area contributed by atoms with Crippen molar-refractivity contribution in [1.82, 2.24) is 20.8 Å². The second-order valence-corrected chi connectivity index (χ2v) is 6.06. The van der Waals surface area contributed by atoms with Crippen LogP contribution in [0.15, 0.2) is 52.4 Å². The summed E-state index contributed by atoms with van der Waals surface area (Å²) in [5.74, 6) is 0.105. The molecule has 0 aliphatic carbocycles. The summed E-state index contributed by atoms with van der Waals surface area (Å²) in [5.41, 5.74) is 0. The SMILES string of the molecule is O=C(COc1ccccc1)NCCNC(=O)c1nc(-c2cccs2)no1. The van der Waals surface area contributed by atoms with Crippen molar-refractivity contribution in [2.75, 3.05) is 19.7 Å². The first-order chi connectivity index (χ1) is 12.7. The Morgan fingerprint density at radius 1 is 1.08 bits per heavy atom. The number of nitrogens with zero attached hydrogens (tertiary/aromatic N) is 2. The number of hydrogen-bond acceptors (Lipinski definition) is 7. The molecule has 3 aromatic rings. The van der Waals surface area contributed by atoms with Crippen LogP contribution in [0.2, 0.25) is 0 Å². The highest BCUT2D eigenvalue weighted by molar-refractivity contribution is 7.13. The van der Waals surface area contributed by atoms with Gasteiger partial charge in [-0.2, -0.15) is 4.98 Å². The first kappa shape index (κ1) is 17.6. The molecular formula is C17H16N4O4S. The lowest BCUT2D eigenvalue weighted by Gasteiger charge is -2.07. The molecule has 0 fully saturated rings. The summed E-state index contributed by atoms with van der Waals surface area (Å²) < 4.78 is 10.3. The average Bonchev–Trinajstić information content (AvgIpc) is 3.35. The van der Waals surface area contributed by atoms with Crippen LogP contribution in [0.25, 0.3) is 10.7 Å². The van der Waals surface area contributed by atoms with Gasteiger partial charge in [0, 0.05) is 13.1 Å². The maximum Gasteiger partial charge on any atom is 0.316 e. The number of hydrogen-bond donors (Lipinski definition) is 2. The molecule has 2 amide bonds. The average molecular weight is 372 g/mol. The summed E-state index contributed by atoms with van der Waals surface area (Å²) in [7, 11) is 0. The molecular weight excluding hydrogens is 356 g/mol. The van der Waals surface area contributed by atoms with Crippen molar-refractivity contribution < 1.29 is 18.8 Å². The Bertz CT molecular complexity index is 849. The fraction of sp³-hybridized carbons (Fsp3) is 0.176. The maximum atomic E-state index is 11.9. The summed E-state index contributed by atoms with van der Waals surface area (Å²) in [6, 6.07) is 12.7. The second kappa shape index (κ2) is 8.77. The zero-order valence-corrected chi connectivity index (χ0v) is 14.5. The minimum Gasteiger partial charge on any atom is -0.484 e. The molecule has 1 aromatic carbocycles. The largest absolute Gasteiger partial charge is 0.484 e. The van der Waals surface area contributed by atoms with E-state index in [0.717, 1.165) is 4.88 Å². The first-order valence-corrected chi connectivity index (χ1v) is 8.70. The Kier molecular flexibility index (Phi) is 5.94. The number of carbonyl (C=O) groups excluding carboxylic acids is 2. The van der Waals surface area contributed by atoms with Crippen LogP contribution in [0.1, 0.15) is 10.7 Å². The van der Waals surface area contributed by atoms with Gasteiger partial charge in [-0.1, -0.05) is 29.4 Å². The van der Waals surface area contributed by atoms with Gasteiger partial charge < -0.3 is 19.9 Å². The smallest absolute Gasteiger partial charge is 0.316 e. The van der Waals surface area contributed by atoms with Gasteiger partial charge in [-0.3, -0.25) is 9.59 Å². The lowest BCUT2D eigenvalue weighted by molar-refractivity contribution is -0.123. The van der Waals surface area contributed by atoms with E-state index in [2.05, 4.69) is 20.8 Å². The summed E-state index contributed by atoms with van der Waals surface area (Å²) in [6.45, 7) is 0.396. The molecule has 0 spiro atoms. The van der Waals surface area contributed by atoms with Crippen molar-refractivity contribution in [3.63, 3.8) is 0 Å². The number of thiophene rings is 1. The Hall–Kier alpha value is -3.20. The topological polar surface area (TPSA) is 106 Å². The van der Waals surface area contributed by atoms with Gasteiger partial charge in [0.05, 0.1) is 4.88 Å². The molecule has 3 rings (SSSR count). The van der Waals surface area contributed by atoms with E-state index in [1.165, 1.54) is 11.3 Å². The van der Waals surface area contributed by atoms with Crippen molar-refractivity contribution in [2.24, 2.45) is 0 Å². The lowest BCUT2D eigenvalue weighted by atomic mass is 10.3. The van der Waals surface area contributed by atoms with Crippen LogP contribution in [0, 0.1) is 0 Å². The molecule has 2 heterocycles. The fourth-order valence-electron chi connectivity index (χ4n) is 1.99. The van der Waals surface area contributed by atoms with Crippen LogP contribution in [-0.4, -0.2) is 41.7 Å². The number of nitrogens with one attached hydrogen (secondary N) is 2. The van der Waals surface area contributed by atoms with Crippen LogP contribution in [0.5, 0.6) is 5.75 Å². The maximum absolute atomic E-state index is 11.9. The number of benzene rings is 1. The molecule has 0 aliphatic rings. The van der Waals surface area contributed by atoms with Gasteiger partial charge in [0.15, 0.2) is 6.61 Å². The van der Waals surface area contributed by atoms with Gasteiger partial charge in [-0.05, 0) is 23.6 Å². The number of rotatable bonds is 8. The predicted molar refractivity (Wildman–Crippen MR) is 94.9 cm³/mol. The number of aromatic nitrogens is 2. The summed E-state index contributed by atoms with van der Waals surface area (Å²) >= 11 is 1.45. The molecule has 0 bridgehead atoms. The van der Waals surface area contributed by atoms with E-state index < -0.39 is 5.91 Å². The molecule has 0 atom stereocenters. The first-order valence-electron chi connectivity index (χ1n) is 7.83. The van der Waals surface area contributed by atoms with E-state index in [1.54, 1.807) is 12.1 Å². The number of ether oxygens (including phenoxy) is 1. The highest BCUT2D eigenvalue weighted by Crippen LogP contribution is 2.21. The van der Waals surface area contributed by atoms with Crippen molar-refractivity contribution in [2.45, 2.75) is 0 Å². The molecule has 0 saturated carbocycles. The second-order valence-electron chi connectivity index (χ2n) is 5.11. The lowest BCUT2D eigenvalue weighted by Crippen LogP contribution is -2.36. The van der Waals surface area contributed by atoms with Crippen molar-refractivity contribution in [1.29, 1.82) is 0 Å². The molecule has 26 heavy (non-hydrogen) atoms. The summed E-state index contributed by atoms with van der Waals surface area (Å²) in [5, 5.41) is 10.9. The van der Waals surface area contributed by atoms with E-state index in [0.29, 0.717) is 11.6 Å². The molecule has 0 radical (unpaired) electrons. The molecule has 134 valence electrons. The van der Waals surface area contributed by atoms with E-state index in [-0.39, 0.29) is 31.5 Å². The monoisotopic (exact) mass is 372 g/mol. The van der Waals surface area contributed by atoms with E-state index >= 15 is 0 Å². The number of amides is 2. The summed E-state index contributed by atoms with van der Waals surface area (Å²) in [6.07, 6.45) is 0. The van der Waals surface area contributed by atoms with Crippen LogP contribution in [-0.2, 0) is 4.79 Å². The molecule has 0 unspecified atom stereocenters. The van der Waals surface area contributed by atoms with Crippen molar-refractivity contribution in [3.05, 3.63) is 53.7 Å². The standard InChI is InChI=1S/C17H16N4O4S/c22-14(11-24-12-5-2-1-3-6-12)18-8-9-19-16(23)17-20-15(21-25-17)13-7-4-10-26-13/h1-7,10H,8-9,11H2,(H,18,22)(H,19,23). The van der Waals surface area contributed by atoms with Gasteiger partial charge in [0.2, 0.25) is 5.82 Å². The molecule has 0 saturated heterocycles. The molecule has 2 N–H and O–H groups in total. The number of carbonyl (C=O) groups is 2. The van der Waals surface area contributed by atoms with E-state index in [9.17, 15) is 9.59 Å². The summed E-state index contributed by atoms with van der Waals surface area (Å²) in [4.78, 5) is 28.5. The Morgan fingerprint density at radius 2 is 1.88 bits per heavy atom. The van der Waals surface area contributed by atoms with Crippen LogP contribution in [0.4, 0.5) is 0 Å². The van der Waals surface area contributed by atoms with Gasteiger partial charge in [-0.25, -0.2) is 0 Å². The van der Waals surface area contributed by atoms with Crippen LogP contribution in [0.3, 0.4) is 0 Å². The highest BCUT2D eigenvalue weighted by Gasteiger charge is 2.16. The minimum atomic E-state index is -0.491. The van der Waals surface area contributed by atoms with Crippen LogP contribution >= 0.6 is 11.3 Å². The Balaban J connectivity index is 1.35. The van der Waals surface area contributed by atoms with Crippen molar-refractivity contribution >= 4 is 23.2 Å². The van der Waals surface area contributed by atoms with Crippen molar-refractivity contribution in [3.8, 4) is 16.5 Å².